The normalized spacial score (nSPS) is 10.9. The quantitative estimate of drug-likeness (QED) is 0.746. The van der Waals surface area contributed by atoms with Crippen molar-refractivity contribution in [1.29, 1.82) is 0 Å². The van der Waals surface area contributed by atoms with Crippen molar-refractivity contribution in [1.82, 2.24) is 10.2 Å². The molecule has 0 fully saturated rings. The van der Waals surface area contributed by atoms with Crippen LogP contribution >= 0.6 is 0 Å². The van der Waals surface area contributed by atoms with Crippen LogP contribution in [0.25, 0.3) is 0 Å². The van der Waals surface area contributed by atoms with Gasteiger partial charge in [0.1, 0.15) is 0 Å². The fourth-order valence-corrected chi connectivity index (χ4v) is 2.44. The SMILES string of the molecule is CC(C)N(CC(=O)NCC(=O)Nc1ccc(F)c(F)c1)Cc1ccccc1. The van der Waals surface area contributed by atoms with Crippen LogP contribution in [0.2, 0.25) is 0 Å². The Morgan fingerprint density at radius 1 is 1.00 bits per heavy atom. The molecule has 0 aromatic heterocycles. The summed E-state index contributed by atoms with van der Waals surface area (Å²) in [6.45, 7) is 4.49. The molecule has 0 aliphatic rings. The van der Waals surface area contributed by atoms with Gasteiger partial charge < -0.3 is 10.6 Å². The molecule has 0 spiro atoms. The molecule has 144 valence electrons. The van der Waals surface area contributed by atoms with E-state index < -0.39 is 17.5 Å². The fourth-order valence-electron chi connectivity index (χ4n) is 2.44. The number of hydrogen-bond donors (Lipinski definition) is 2. The minimum atomic E-state index is -1.05. The number of carbonyl (C=O) groups excluding carboxylic acids is 2. The van der Waals surface area contributed by atoms with Gasteiger partial charge in [-0.3, -0.25) is 14.5 Å². The van der Waals surface area contributed by atoms with E-state index in [1.54, 1.807) is 0 Å². The van der Waals surface area contributed by atoms with Gasteiger partial charge in [0.25, 0.3) is 0 Å². The average molecular weight is 375 g/mol. The fraction of sp³-hybridized carbons (Fsp3) is 0.300. The predicted octanol–water partition coefficient (Wildman–Crippen LogP) is 2.93. The first-order chi connectivity index (χ1) is 12.8. The molecule has 5 nitrogen and oxygen atoms in total. The Balaban J connectivity index is 1.82. The van der Waals surface area contributed by atoms with Crippen molar-refractivity contribution in [2.45, 2.75) is 26.4 Å². The number of benzene rings is 2. The summed E-state index contributed by atoms with van der Waals surface area (Å²) in [5.41, 5.74) is 1.22. The molecule has 0 aliphatic heterocycles. The molecular weight excluding hydrogens is 352 g/mol. The van der Waals surface area contributed by atoms with Crippen LogP contribution in [0.3, 0.4) is 0 Å². The smallest absolute Gasteiger partial charge is 0.243 e. The van der Waals surface area contributed by atoms with Crippen LogP contribution < -0.4 is 10.6 Å². The highest BCUT2D eigenvalue weighted by atomic mass is 19.2. The van der Waals surface area contributed by atoms with Gasteiger partial charge in [-0.05, 0) is 31.5 Å². The first-order valence-electron chi connectivity index (χ1n) is 8.64. The van der Waals surface area contributed by atoms with Gasteiger partial charge in [-0.2, -0.15) is 0 Å². The Bertz CT molecular complexity index is 782. The van der Waals surface area contributed by atoms with Crippen molar-refractivity contribution < 1.29 is 18.4 Å². The van der Waals surface area contributed by atoms with Crippen molar-refractivity contribution >= 4 is 17.5 Å². The van der Waals surface area contributed by atoms with Gasteiger partial charge >= 0.3 is 0 Å². The molecule has 0 aliphatic carbocycles. The molecule has 27 heavy (non-hydrogen) atoms. The lowest BCUT2D eigenvalue weighted by Gasteiger charge is -2.25. The van der Waals surface area contributed by atoms with E-state index in [9.17, 15) is 18.4 Å². The molecule has 7 heteroatoms. The van der Waals surface area contributed by atoms with Gasteiger partial charge in [-0.25, -0.2) is 8.78 Å². The third-order valence-corrected chi connectivity index (χ3v) is 3.95. The Hall–Kier alpha value is -2.80. The van der Waals surface area contributed by atoms with Crippen LogP contribution in [0.1, 0.15) is 19.4 Å². The Morgan fingerprint density at radius 3 is 2.33 bits per heavy atom. The maximum Gasteiger partial charge on any atom is 0.243 e. The summed E-state index contributed by atoms with van der Waals surface area (Å²) >= 11 is 0. The van der Waals surface area contributed by atoms with Crippen LogP contribution in [-0.2, 0) is 16.1 Å². The van der Waals surface area contributed by atoms with Crippen LogP contribution in [-0.4, -0.2) is 35.8 Å². The van der Waals surface area contributed by atoms with E-state index in [2.05, 4.69) is 10.6 Å². The van der Waals surface area contributed by atoms with Crippen molar-refractivity contribution in [3.8, 4) is 0 Å². The highest BCUT2D eigenvalue weighted by Gasteiger charge is 2.15. The third kappa shape index (κ3) is 6.79. The summed E-state index contributed by atoms with van der Waals surface area (Å²) in [6.07, 6.45) is 0. The summed E-state index contributed by atoms with van der Waals surface area (Å²) in [6, 6.07) is 13.0. The van der Waals surface area contributed by atoms with Crippen LogP contribution in [0, 0.1) is 11.6 Å². The van der Waals surface area contributed by atoms with E-state index in [1.165, 1.54) is 6.07 Å². The molecule has 0 atom stereocenters. The second-order valence-electron chi connectivity index (χ2n) is 6.44. The number of rotatable bonds is 8. The first-order valence-corrected chi connectivity index (χ1v) is 8.64. The Labute approximate surface area is 157 Å². The summed E-state index contributed by atoms with van der Waals surface area (Å²) in [7, 11) is 0. The Morgan fingerprint density at radius 2 is 1.70 bits per heavy atom. The van der Waals surface area contributed by atoms with Crippen LogP contribution in [0.5, 0.6) is 0 Å². The lowest BCUT2D eigenvalue weighted by molar-refractivity contribution is -0.125. The van der Waals surface area contributed by atoms with Crippen LogP contribution in [0.15, 0.2) is 48.5 Å². The summed E-state index contributed by atoms with van der Waals surface area (Å²) in [5.74, 6) is -2.85. The molecule has 2 N–H and O–H groups in total. The summed E-state index contributed by atoms with van der Waals surface area (Å²) in [5, 5.41) is 4.95. The molecule has 0 radical (unpaired) electrons. The molecule has 2 aromatic rings. The maximum atomic E-state index is 13.1. The van der Waals surface area contributed by atoms with Gasteiger partial charge in [-0.1, -0.05) is 30.3 Å². The number of halogens is 2. The molecule has 0 unspecified atom stereocenters. The maximum absolute atomic E-state index is 13.1. The van der Waals surface area contributed by atoms with E-state index >= 15 is 0 Å². The third-order valence-electron chi connectivity index (χ3n) is 3.95. The van der Waals surface area contributed by atoms with Crippen LogP contribution in [0.4, 0.5) is 14.5 Å². The zero-order valence-electron chi connectivity index (χ0n) is 15.3. The number of nitrogens with zero attached hydrogens (tertiary/aromatic N) is 1. The number of amides is 2. The molecule has 0 saturated heterocycles. The zero-order valence-corrected chi connectivity index (χ0v) is 15.3. The highest BCUT2D eigenvalue weighted by Crippen LogP contribution is 2.12. The van der Waals surface area contributed by atoms with Gasteiger partial charge in [0, 0.05) is 24.3 Å². The van der Waals surface area contributed by atoms with E-state index in [0.717, 1.165) is 17.7 Å². The molecule has 0 saturated carbocycles. The number of nitrogens with one attached hydrogen (secondary N) is 2. The number of anilines is 1. The second kappa shape index (κ2) is 9.78. The number of hydrogen-bond acceptors (Lipinski definition) is 3. The van der Waals surface area contributed by atoms with Crippen molar-refractivity contribution in [2.24, 2.45) is 0 Å². The molecular formula is C20H23F2N3O2. The number of carbonyl (C=O) groups is 2. The molecule has 0 bridgehead atoms. The topological polar surface area (TPSA) is 61.4 Å². The largest absolute Gasteiger partial charge is 0.346 e. The lowest BCUT2D eigenvalue weighted by atomic mass is 10.2. The van der Waals surface area contributed by atoms with E-state index in [0.29, 0.717) is 6.54 Å². The van der Waals surface area contributed by atoms with E-state index in [-0.39, 0.29) is 30.7 Å². The minimum absolute atomic E-state index is 0.126. The second-order valence-corrected chi connectivity index (χ2v) is 6.44. The molecule has 2 rings (SSSR count). The monoisotopic (exact) mass is 375 g/mol. The van der Waals surface area contributed by atoms with Gasteiger partial charge in [0.05, 0.1) is 13.1 Å². The Kier molecular flexibility index (Phi) is 7.43. The van der Waals surface area contributed by atoms with Crippen molar-refractivity contribution in [3.63, 3.8) is 0 Å². The standard InChI is InChI=1S/C20H23F2N3O2/c1-14(2)25(12-15-6-4-3-5-7-15)13-20(27)23-11-19(26)24-16-8-9-17(21)18(22)10-16/h3-10,14H,11-13H2,1-2H3,(H,23,27)(H,24,26). The van der Waals surface area contributed by atoms with E-state index in [4.69, 9.17) is 0 Å². The van der Waals surface area contributed by atoms with Crippen molar-refractivity contribution in [3.05, 3.63) is 65.7 Å². The predicted molar refractivity (Wildman–Crippen MR) is 100.0 cm³/mol. The lowest BCUT2D eigenvalue weighted by Crippen LogP contribution is -2.42. The zero-order chi connectivity index (χ0) is 19.8. The summed E-state index contributed by atoms with van der Waals surface area (Å²) in [4.78, 5) is 26.0. The highest BCUT2D eigenvalue weighted by molar-refractivity contribution is 5.94. The van der Waals surface area contributed by atoms with Gasteiger partial charge in [0.15, 0.2) is 11.6 Å². The van der Waals surface area contributed by atoms with Crippen molar-refractivity contribution in [2.75, 3.05) is 18.4 Å². The molecule has 2 amide bonds. The van der Waals surface area contributed by atoms with Gasteiger partial charge in [0.2, 0.25) is 11.8 Å². The van der Waals surface area contributed by atoms with Gasteiger partial charge in [-0.15, -0.1) is 0 Å². The molecule has 0 heterocycles. The van der Waals surface area contributed by atoms with E-state index in [1.807, 2.05) is 49.1 Å². The first kappa shape index (κ1) is 20.5. The average Bonchev–Trinajstić information content (AvgIpc) is 2.63. The minimum Gasteiger partial charge on any atom is -0.346 e. The molecule has 2 aromatic carbocycles. The summed E-state index contributed by atoms with van der Waals surface area (Å²) < 4.78 is 26.0.